The van der Waals surface area contributed by atoms with Crippen LogP contribution in [-0.4, -0.2) is 24.1 Å². The third-order valence-electron chi connectivity index (χ3n) is 2.82. The van der Waals surface area contributed by atoms with Gasteiger partial charge in [-0.25, -0.2) is 18.7 Å². The van der Waals surface area contributed by atoms with Gasteiger partial charge >= 0.3 is 0 Å². The van der Waals surface area contributed by atoms with Crippen molar-refractivity contribution in [2.24, 2.45) is 0 Å². The summed E-state index contributed by atoms with van der Waals surface area (Å²) >= 11 is 5.89. The predicted molar refractivity (Wildman–Crippen MR) is 75.2 cm³/mol. The highest BCUT2D eigenvalue weighted by Crippen LogP contribution is 2.29. The molecule has 0 amide bonds. The maximum Gasteiger partial charge on any atom is 0.226 e. The number of anilines is 1. The maximum atomic E-state index is 13.9. The maximum absolute atomic E-state index is 13.9. The zero-order chi connectivity index (χ0) is 15.6. The van der Waals surface area contributed by atoms with E-state index >= 15 is 0 Å². The van der Waals surface area contributed by atoms with E-state index in [0.29, 0.717) is 0 Å². The number of aromatic nitrogens is 2. The molecule has 0 aliphatic heterocycles. The molecule has 0 bridgehead atoms. The van der Waals surface area contributed by atoms with Gasteiger partial charge in [-0.2, -0.15) is 5.26 Å². The van der Waals surface area contributed by atoms with Gasteiger partial charge in [0.15, 0.2) is 0 Å². The molecule has 0 radical (unpaired) electrons. The van der Waals surface area contributed by atoms with Crippen LogP contribution in [0.1, 0.15) is 17.2 Å². The first-order chi connectivity index (χ1) is 9.93. The molecule has 0 saturated heterocycles. The molecule has 0 fully saturated rings. The lowest BCUT2D eigenvalue weighted by Crippen LogP contribution is -2.15. The summed E-state index contributed by atoms with van der Waals surface area (Å²) in [6.07, 6.45) is 0. The average molecular weight is 309 g/mol. The third-order valence-corrected chi connectivity index (χ3v) is 3.01. The second kappa shape index (κ2) is 6.02. The van der Waals surface area contributed by atoms with Gasteiger partial charge in [-0.05, 0) is 18.2 Å². The monoisotopic (exact) mass is 308 g/mol. The number of halogens is 3. The van der Waals surface area contributed by atoms with Crippen molar-refractivity contribution in [2.45, 2.75) is 5.92 Å². The number of benzene rings is 1. The lowest BCUT2D eigenvalue weighted by atomic mass is 9.96. The van der Waals surface area contributed by atoms with Gasteiger partial charge in [-0.15, -0.1) is 0 Å². The second-order valence-electron chi connectivity index (χ2n) is 4.51. The average Bonchev–Trinajstić information content (AvgIpc) is 2.42. The number of rotatable bonds is 3. The molecule has 1 unspecified atom stereocenters. The Hall–Kier alpha value is -2.26. The van der Waals surface area contributed by atoms with Gasteiger partial charge in [0.25, 0.3) is 0 Å². The van der Waals surface area contributed by atoms with Crippen molar-refractivity contribution in [3.8, 4) is 6.07 Å². The van der Waals surface area contributed by atoms with Crippen LogP contribution in [0.4, 0.5) is 14.7 Å². The summed E-state index contributed by atoms with van der Waals surface area (Å²) in [6.45, 7) is 0. The summed E-state index contributed by atoms with van der Waals surface area (Å²) in [7, 11) is 3.39. The van der Waals surface area contributed by atoms with E-state index < -0.39 is 17.6 Å². The summed E-state index contributed by atoms with van der Waals surface area (Å²) < 4.78 is 27.7. The van der Waals surface area contributed by atoms with Crippen LogP contribution in [-0.2, 0) is 0 Å². The fourth-order valence-corrected chi connectivity index (χ4v) is 2.02. The van der Waals surface area contributed by atoms with Crippen LogP contribution >= 0.6 is 11.6 Å². The Bertz CT molecular complexity index is 692. The standard InChI is InChI=1S/C14H11ClF2N4/c1-21(2)14-19-11(6-12(15)20-14)8(7-18)13-9(16)4-3-5-10(13)17/h3-6,8H,1-2H3. The smallest absolute Gasteiger partial charge is 0.226 e. The van der Waals surface area contributed by atoms with Gasteiger partial charge < -0.3 is 4.90 Å². The molecule has 0 spiro atoms. The summed E-state index contributed by atoms with van der Waals surface area (Å²) in [4.78, 5) is 9.69. The molecule has 2 rings (SSSR count). The van der Waals surface area contributed by atoms with Crippen molar-refractivity contribution in [1.82, 2.24) is 9.97 Å². The van der Waals surface area contributed by atoms with Gasteiger partial charge in [0.05, 0.1) is 11.8 Å². The number of hydrogen-bond acceptors (Lipinski definition) is 4. The highest BCUT2D eigenvalue weighted by molar-refractivity contribution is 6.29. The number of hydrogen-bond donors (Lipinski definition) is 0. The third kappa shape index (κ3) is 3.09. The highest BCUT2D eigenvalue weighted by atomic mass is 35.5. The largest absolute Gasteiger partial charge is 0.347 e. The molecular formula is C14H11ClF2N4. The van der Waals surface area contributed by atoms with Crippen LogP contribution in [0.5, 0.6) is 0 Å². The van der Waals surface area contributed by atoms with E-state index in [-0.39, 0.29) is 22.4 Å². The molecule has 0 aliphatic carbocycles. The Morgan fingerprint density at radius 3 is 2.38 bits per heavy atom. The van der Waals surface area contributed by atoms with Crippen molar-refractivity contribution >= 4 is 17.5 Å². The fraction of sp³-hybridized carbons (Fsp3) is 0.214. The van der Waals surface area contributed by atoms with E-state index in [0.717, 1.165) is 12.1 Å². The van der Waals surface area contributed by atoms with Crippen LogP contribution in [0.3, 0.4) is 0 Å². The predicted octanol–water partition coefficient (Wildman–Crippen LogP) is 3.13. The van der Waals surface area contributed by atoms with Crippen molar-refractivity contribution in [2.75, 3.05) is 19.0 Å². The van der Waals surface area contributed by atoms with Gasteiger partial charge in [0.1, 0.15) is 22.7 Å². The first-order valence-corrected chi connectivity index (χ1v) is 6.37. The van der Waals surface area contributed by atoms with Gasteiger partial charge in [0.2, 0.25) is 5.95 Å². The quantitative estimate of drug-likeness (QED) is 0.817. The molecule has 0 aliphatic rings. The molecule has 1 aromatic carbocycles. The van der Waals surface area contributed by atoms with Crippen LogP contribution in [0.15, 0.2) is 24.3 Å². The lowest BCUT2D eigenvalue weighted by molar-refractivity contribution is 0.553. The molecule has 0 N–H and O–H groups in total. The van der Waals surface area contributed by atoms with Crippen molar-refractivity contribution < 1.29 is 8.78 Å². The van der Waals surface area contributed by atoms with E-state index in [1.165, 1.54) is 12.1 Å². The van der Waals surface area contributed by atoms with E-state index in [4.69, 9.17) is 11.6 Å². The first kappa shape index (κ1) is 15.1. The van der Waals surface area contributed by atoms with Gasteiger partial charge in [-0.3, -0.25) is 0 Å². The molecule has 1 aromatic heterocycles. The minimum atomic E-state index is -1.20. The number of nitrogens with zero attached hydrogens (tertiary/aromatic N) is 4. The molecule has 7 heteroatoms. The molecule has 0 saturated carbocycles. The highest BCUT2D eigenvalue weighted by Gasteiger charge is 2.24. The van der Waals surface area contributed by atoms with Crippen molar-refractivity contribution in [3.05, 3.63) is 52.3 Å². The van der Waals surface area contributed by atoms with E-state index in [1.807, 2.05) is 6.07 Å². The Morgan fingerprint density at radius 1 is 1.24 bits per heavy atom. The second-order valence-corrected chi connectivity index (χ2v) is 4.89. The van der Waals surface area contributed by atoms with E-state index in [1.54, 1.807) is 19.0 Å². The molecule has 2 aromatic rings. The molecule has 1 heterocycles. The van der Waals surface area contributed by atoms with Crippen molar-refractivity contribution in [3.63, 3.8) is 0 Å². The van der Waals surface area contributed by atoms with Gasteiger partial charge in [0, 0.05) is 19.7 Å². The summed E-state index contributed by atoms with van der Waals surface area (Å²) in [5.41, 5.74) is -0.204. The molecular weight excluding hydrogens is 298 g/mol. The van der Waals surface area contributed by atoms with Crippen LogP contribution in [0.25, 0.3) is 0 Å². The Labute approximate surface area is 125 Å². The minimum absolute atomic E-state index is 0.0979. The van der Waals surface area contributed by atoms with E-state index in [2.05, 4.69) is 9.97 Å². The zero-order valence-electron chi connectivity index (χ0n) is 11.3. The summed E-state index contributed by atoms with van der Waals surface area (Å²) in [5.74, 6) is -2.55. The molecule has 4 nitrogen and oxygen atoms in total. The molecule has 1 atom stereocenters. The Balaban J connectivity index is 2.60. The zero-order valence-corrected chi connectivity index (χ0v) is 12.1. The van der Waals surface area contributed by atoms with Gasteiger partial charge in [-0.1, -0.05) is 17.7 Å². The Kier molecular flexibility index (Phi) is 4.34. The molecule has 21 heavy (non-hydrogen) atoms. The van der Waals surface area contributed by atoms with E-state index in [9.17, 15) is 14.0 Å². The first-order valence-electron chi connectivity index (χ1n) is 5.99. The Morgan fingerprint density at radius 2 is 1.86 bits per heavy atom. The summed E-state index contributed by atoms with van der Waals surface area (Å²) in [6, 6.07) is 6.62. The van der Waals surface area contributed by atoms with Crippen LogP contribution in [0.2, 0.25) is 5.15 Å². The van der Waals surface area contributed by atoms with Crippen LogP contribution < -0.4 is 4.90 Å². The fourth-order valence-electron chi connectivity index (χ4n) is 1.84. The van der Waals surface area contributed by atoms with Crippen molar-refractivity contribution in [1.29, 1.82) is 5.26 Å². The topological polar surface area (TPSA) is 52.8 Å². The molecule has 108 valence electrons. The lowest BCUT2D eigenvalue weighted by Gasteiger charge is -2.15. The van der Waals surface area contributed by atoms with Crippen LogP contribution in [0, 0.1) is 23.0 Å². The number of nitriles is 1. The SMILES string of the molecule is CN(C)c1nc(Cl)cc(C(C#N)c2c(F)cccc2F)n1. The minimum Gasteiger partial charge on any atom is -0.347 e. The normalized spacial score (nSPS) is 11.8. The summed E-state index contributed by atoms with van der Waals surface area (Å²) in [5, 5.41) is 9.40.